The Balaban J connectivity index is 1.95. The number of nitrogens with zero attached hydrogens (tertiary/aromatic N) is 2. The third kappa shape index (κ3) is 6.48. The number of hydrogen-bond acceptors (Lipinski definition) is 6. The summed E-state index contributed by atoms with van der Waals surface area (Å²) in [6.07, 6.45) is 1.13. The van der Waals surface area contributed by atoms with Gasteiger partial charge in [0.25, 0.3) is 0 Å². The highest BCUT2D eigenvalue weighted by Crippen LogP contribution is 2.36. The van der Waals surface area contributed by atoms with E-state index in [-0.39, 0.29) is 31.0 Å². The quantitative estimate of drug-likeness (QED) is 0.463. The molecule has 1 aliphatic heterocycles. The number of anilines is 1. The molecule has 1 N–H and O–H groups in total. The Bertz CT molecular complexity index is 1160. The van der Waals surface area contributed by atoms with Crippen LogP contribution < -0.4 is 19.1 Å². The molecule has 9 nitrogen and oxygen atoms in total. The van der Waals surface area contributed by atoms with Gasteiger partial charge >= 0.3 is 0 Å². The van der Waals surface area contributed by atoms with Gasteiger partial charge in [-0.05, 0) is 44.4 Å². The van der Waals surface area contributed by atoms with Crippen molar-refractivity contribution in [1.29, 1.82) is 0 Å². The Hall–Kier alpha value is -3.27. The van der Waals surface area contributed by atoms with Crippen LogP contribution in [0.4, 0.5) is 5.69 Å². The van der Waals surface area contributed by atoms with Gasteiger partial charge in [-0.3, -0.25) is 13.9 Å². The Labute approximate surface area is 213 Å². The first kappa shape index (κ1) is 27.3. The third-order valence-corrected chi connectivity index (χ3v) is 7.95. The topological polar surface area (TPSA) is 105 Å². The van der Waals surface area contributed by atoms with Gasteiger partial charge in [0.05, 0.1) is 11.4 Å². The number of ether oxygens (including phenoxy) is 2. The maximum Gasteiger partial charge on any atom is 0.244 e. The van der Waals surface area contributed by atoms with Crippen LogP contribution in [-0.4, -0.2) is 56.3 Å². The van der Waals surface area contributed by atoms with Crippen molar-refractivity contribution in [3.8, 4) is 11.5 Å². The zero-order chi connectivity index (χ0) is 26.3. The summed E-state index contributed by atoms with van der Waals surface area (Å²) in [6, 6.07) is 13.3. The number of benzene rings is 2. The van der Waals surface area contributed by atoms with Gasteiger partial charge in [0.2, 0.25) is 28.6 Å². The summed E-state index contributed by atoms with van der Waals surface area (Å²) in [5, 5.41) is 2.96. The van der Waals surface area contributed by atoms with Crippen LogP contribution in [0.3, 0.4) is 0 Å². The van der Waals surface area contributed by atoms with E-state index < -0.39 is 28.5 Å². The van der Waals surface area contributed by atoms with Crippen molar-refractivity contribution in [2.45, 2.75) is 59.2 Å². The Morgan fingerprint density at radius 3 is 2.33 bits per heavy atom. The van der Waals surface area contributed by atoms with E-state index in [2.05, 4.69) is 5.32 Å². The van der Waals surface area contributed by atoms with E-state index in [0.717, 1.165) is 16.3 Å². The van der Waals surface area contributed by atoms with Crippen molar-refractivity contribution in [2.24, 2.45) is 0 Å². The van der Waals surface area contributed by atoms with Crippen LogP contribution in [0.5, 0.6) is 11.5 Å². The first-order chi connectivity index (χ1) is 17.2. The SMILES string of the molecule is CCC(C)NC(=O)C(CC)N(Cc1ccccc1)C(=O)CN(c1ccc2c(c1)OCO2)S(=O)(=O)CC. The monoisotopic (exact) mass is 517 g/mol. The van der Waals surface area contributed by atoms with Gasteiger partial charge in [-0.15, -0.1) is 0 Å². The van der Waals surface area contributed by atoms with E-state index in [1.165, 1.54) is 11.8 Å². The number of sulfonamides is 1. The number of rotatable bonds is 12. The summed E-state index contributed by atoms with van der Waals surface area (Å²) in [4.78, 5) is 28.4. The van der Waals surface area contributed by atoms with E-state index in [4.69, 9.17) is 9.47 Å². The predicted molar refractivity (Wildman–Crippen MR) is 138 cm³/mol. The maximum atomic E-state index is 13.8. The lowest BCUT2D eigenvalue weighted by Gasteiger charge is -2.33. The molecule has 10 heteroatoms. The van der Waals surface area contributed by atoms with Crippen molar-refractivity contribution < 1.29 is 27.5 Å². The largest absolute Gasteiger partial charge is 0.454 e. The zero-order valence-corrected chi connectivity index (χ0v) is 22.1. The summed E-state index contributed by atoms with van der Waals surface area (Å²) in [5.74, 6) is -0.00277. The summed E-state index contributed by atoms with van der Waals surface area (Å²) in [7, 11) is -3.82. The van der Waals surface area contributed by atoms with Gasteiger partial charge in [0.1, 0.15) is 12.6 Å². The molecule has 2 aromatic carbocycles. The highest BCUT2D eigenvalue weighted by atomic mass is 32.2. The third-order valence-electron chi connectivity index (χ3n) is 6.21. The van der Waals surface area contributed by atoms with Crippen molar-refractivity contribution in [3.63, 3.8) is 0 Å². The Morgan fingerprint density at radius 1 is 1.00 bits per heavy atom. The molecule has 0 fully saturated rings. The van der Waals surface area contributed by atoms with Gasteiger partial charge in [0.15, 0.2) is 11.5 Å². The average Bonchev–Trinajstić information content (AvgIpc) is 3.35. The lowest BCUT2D eigenvalue weighted by Crippen LogP contribution is -2.53. The van der Waals surface area contributed by atoms with Crippen LogP contribution in [0.15, 0.2) is 48.5 Å². The van der Waals surface area contributed by atoms with E-state index >= 15 is 0 Å². The van der Waals surface area contributed by atoms with Crippen molar-refractivity contribution in [1.82, 2.24) is 10.2 Å². The number of hydrogen-bond donors (Lipinski definition) is 1. The molecule has 2 amide bonds. The standard InChI is InChI=1S/C26H35N3O6S/c1-5-19(4)27-26(31)22(6-2)28(16-20-11-9-8-10-12-20)25(30)17-29(36(32,33)7-3)21-13-14-23-24(15-21)35-18-34-23/h8-15,19,22H,5-7,16-18H2,1-4H3,(H,27,31). The van der Waals surface area contributed by atoms with E-state index in [0.29, 0.717) is 23.6 Å². The molecule has 0 saturated heterocycles. The van der Waals surface area contributed by atoms with Gasteiger partial charge in [-0.1, -0.05) is 44.2 Å². The molecule has 0 aliphatic carbocycles. The minimum absolute atomic E-state index is 0.0482. The lowest BCUT2D eigenvalue weighted by molar-refractivity contribution is -0.140. The van der Waals surface area contributed by atoms with Crippen molar-refractivity contribution in [2.75, 3.05) is 23.4 Å². The number of amides is 2. The predicted octanol–water partition coefficient (Wildman–Crippen LogP) is 3.29. The first-order valence-corrected chi connectivity index (χ1v) is 13.8. The molecule has 2 aromatic rings. The fourth-order valence-electron chi connectivity index (χ4n) is 3.90. The summed E-state index contributed by atoms with van der Waals surface area (Å²) < 4.78 is 38.0. The minimum Gasteiger partial charge on any atom is -0.454 e. The number of carbonyl (C=O) groups excluding carboxylic acids is 2. The van der Waals surface area contributed by atoms with E-state index in [1.54, 1.807) is 18.2 Å². The van der Waals surface area contributed by atoms with Crippen LogP contribution in [0.1, 0.15) is 46.1 Å². The molecule has 196 valence electrons. The molecular weight excluding hydrogens is 482 g/mol. The number of carbonyl (C=O) groups is 2. The first-order valence-electron chi connectivity index (χ1n) is 12.2. The van der Waals surface area contributed by atoms with Crippen LogP contribution in [0.25, 0.3) is 0 Å². The summed E-state index contributed by atoms with van der Waals surface area (Å²) >= 11 is 0. The molecule has 3 rings (SSSR count). The van der Waals surface area contributed by atoms with Crippen LogP contribution in [0.2, 0.25) is 0 Å². The molecule has 0 aromatic heterocycles. The lowest BCUT2D eigenvalue weighted by atomic mass is 10.1. The molecule has 1 heterocycles. The van der Waals surface area contributed by atoms with E-state index in [9.17, 15) is 18.0 Å². The second kappa shape index (κ2) is 12.1. The molecule has 0 spiro atoms. The van der Waals surface area contributed by atoms with Crippen molar-refractivity contribution in [3.05, 3.63) is 54.1 Å². The van der Waals surface area contributed by atoms with Crippen LogP contribution >= 0.6 is 0 Å². The Kier molecular flexibility index (Phi) is 9.19. The zero-order valence-electron chi connectivity index (χ0n) is 21.3. The molecule has 1 aliphatic rings. The number of fused-ring (bicyclic) bond motifs is 1. The molecule has 0 bridgehead atoms. The summed E-state index contributed by atoms with van der Waals surface area (Å²) in [6.45, 7) is 7.01. The smallest absolute Gasteiger partial charge is 0.244 e. The fourth-order valence-corrected chi connectivity index (χ4v) is 4.95. The minimum atomic E-state index is -3.82. The maximum absolute atomic E-state index is 13.8. The normalized spacial score (nSPS) is 14.1. The molecule has 0 saturated carbocycles. The second-order valence-electron chi connectivity index (χ2n) is 8.69. The van der Waals surface area contributed by atoms with Crippen LogP contribution in [-0.2, 0) is 26.2 Å². The van der Waals surface area contributed by atoms with Gasteiger partial charge in [-0.2, -0.15) is 0 Å². The van der Waals surface area contributed by atoms with Crippen molar-refractivity contribution >= 4 is 27.5 Å². The second-order valence-corrected chi connectivity index (χ2v) is 10.9. The molecule has 36 heavy (non-hydrogen) atoms. The Morgan fingerprint density at radius 2 is 1.69 bits per heavy atom. The highest BCUT2D eigenvalue weighted by molar-refractivity contribution is 7.92. The molecule has 2 atom stereocenters. The fraction of sp³-hybridized carbons (Fsp3) is 0.462. The van der Waals surface area contributed by atoms with Gasteiger partial charge in [-0.25, -0.2) is 8.42 Å². The van der Waals surface area contributed by atoms with Crippen LogP contribution in [0, 0.1) is 0 Å². The number of nitrogens with one attached hydrogen (secondary N) is 1. The molecule has 2 unspecified atom stereocenters. The molecule has 0 radical (unpaired) electrons. The average molecular weight is 518 g/mol. The van der Waals surface area contributed by atoms with Gasteiger partial charge in [0, 0.05) is 18.7 Å². The molecular formula is C26H35N3O6S. The van der Waals surface area contributed by atoms with Gasteiger partial charge < -0.3 is 19.7 Å². The summed E-state index contributed by atoms with van der Waals surface area (Å²) in [5.41, 5.74) is 1.14. The highest BCUT2D eigenvalue weighted by Gasteiger charge is 2.33. The van der Waals surface area contributed by atoms with E-state index in [1.807, 2.05) is 51.1 Å².